The molecule has 5 nitrogen and oxygen atoms in total. The summed E-state index contributed by atoms with van der Waals surface area (Å²) < 4.78 is 1.67. The van der Waals surface area contributed by atoms with Crippen LogP contribution in [0.15, 0.2) is 36.7 Å². The van der Waals surface area contributed by atoms with Crippen molar-refractivity contribution in [1.29, 1.82) is 0 Å². The second kappa shape index (κ2) is 5.58. The predicted molar refractivity (Wildman–Crippen MR) is 98.9 cm³/mol. The molecule has 0 spiro atoms. The number of anilines is 1. The fourth-order valence-electron chi connectivity index (χ4n) is 2.84. The number of nitrogens with two attached hydrogens (primary N) is 1. The van der Waals surface area contributed by atoms with E-state index in [1.807, 2.05) is 37.3 Å². The van der Waals surface area contributed by atoms with E-state index in [2.05, 4.69) is 22.0 Å². The molecule has 0 fully saturated rings. The molecule has 0 aliphatic carbocycles. The highest BCUT2D eigenvalue weighted by molar-refractivity contribution is 7.19. The molecule has 0 amide bonds. The van der Waals surface area contributed by atoms with Crippen LogP contribution in [0.3, 0.4) is 0 Å². The fourth-order valence-corrected chi connectivity index (χ4v) is 3.98. The molecule has 0 aliphatic heterocycles. The summed E-state index contributed by atoms with van der Waals surface area (Å²) in [5.74, 6) is 1.25. The van der Waals surface area contributed by atoms with Gasteiger partial charge in [-0.15, -0.1) is 11.3 Å². The molecular weight excluding hydrogens is 342 g/mol. The summed E-state index contributed by atoms with van der Waals surface area (Å²) >= 11 is 7.66. The van der Waals surface area contributed by atoms with E-state index >= 15 is 0 Å². The smallest absolute Gasteiger partial charge is 0.168 e. The molecule has 0 bridgehead atoms. The van der Waals surface area contributed by atoms with E-state index in [9.17, 15) is 0 Å². The molecule has 0 saturated heterocycles. The van der Waals surface area contributed by atoms with E-state index in [1.165, 1.54) is 0 Å². The maximum atomic E-state index is 6.11. The van der Waals surface area contributed by atoms with Crippen LogP contribution in [0.2, 0.25) is 5.02 Å². The summed E-state index contributed by atoms with van der Waals surface area (Å²) in [6.07, 6.45) is 1.55. The molecule has 0 atom stereocenters. The number of thiophene rings is 1. The minimum absolute atomic E-state index is 0.554. The van der Waals surface area contributed by atoms with Gasteiger partial charge in [0.05, 0.1) is 11.1 Å². The summed E-state index contributed by atoms with van der Waals surface area (Å²) in [6.45, 7) is 3.99. The Bertz CT molecular complexity index is 1050. The van der Waals surface area contributed by atoms with E-state index in [-0.39, 0.29) is 0 Å². The van der Waals surface area contributed by atoms with Crippen LogP contribution in [0, 0.1) is 13.8 Å². The zero-order valence-electron chi connectivity index (χ0n) is 13.1. The Morgan fingerprint density at radius 1 is 1.12 bits per heavy atom. The lowest BCUT2D eigenvalue weighted by atomic mass is 10.0. The van der Waals surface area contributed by atoms with Crippen LogP contribution in [0.5, 0.6) is 0 Å². The molecule has 3 heterocycles. The van der Waals surface area contributed by atoms with Crippen LogP contribution in [0.4, 0.5) is 5.82 Å². The molecule has 24 heavy (non-hydrogen) atoms. The molecule has 0 radical (unpaired) electrons. The first-order chi connectivity index (χ1) is 11.5. The Balaban J connectivity index is 2.06. The largest absolute Gasteiger partial charge is 0.384 e. The fraction of sp³-hybridized carbons (Fsp3) is 0.118. The number of aryl methyl sites for hydroxylation is 2. The Hall–Kier alpha value is -2.44. The van der Waals surface area contributed by atoms with Crippen molar-refractivity contribution in [2.45, 2.75) is 13.8 Å². The normalized spacial score (nSPS) is 11.3. The molecular formula is C17H14ClN5S. The summed E-state index contributed by atoms with van der Waals surface area (Å²) in [7, 11) is 0. The Kier molecular flexibility index (Phi) is 3.51. The highest BCUT2D eigenvalue weighted by atomic mass is 35.5. The van der Waals surface area contributed by atoms with Gasteiger partial charge in [0.1, 0.15) is 17.0 Å². The number of nitrogen functional groups attached to an aromatic ring is 1. The summed E-state index contributed by atoms with van der Waals surface area (Å²) in [4.78, 5) is 11.0. The quantitative estimate of drug-likeness (QED) is 0.578. The van der Waals surface area contributed by atoms with Crippen LogP contribution in [-0.2, 0) is 0 Å². The van der Waals surface area contributed by atoms with Crippen molar-refractivity contribution in [3.05, 3.63) is 52.3 Å². The average Bonchev–Trinajstić information content (AvgIpc) is 3.06. The monoisotopic (exact) mass is 355 g/mol. The zero-order chi connectivity index (χ0) is 16.8. The van der Waals surface area contributed by atoms with Gasteiger partial charge in [0.15, 0.2) is 5.82 Å². The van der Waals surface area contributed by atoms with Crippen LogP contribution >= 0.6 is 22.9 Å². The number of hydrogen-bond acceptors (Lipinski definition) is 5. The van der Waals surface area contributed by atoms with Gasteiger partial charge in [0, 0.05) is 21.5 Å². The van der Waals surface area contributed by atoms with Crippen molar-refractivity contribution < 1.29 is 0 Å². The van der Waals surface area contributed by atoms with Crippen LogP contribution in [0.25, 0.3) is 27.2 Å². The maximum Gasteiger partial charge on any atom is 0.168 e. The van der Waals surface area contributed by atoms with Gasteiger partial charge in [-0.2, -0.15) is 9.78 Å². The molecule has 2 N–H and O–H groups in total. The number of benzene rings is 1. The van der Waals surface area contributed by atoms with Gasteiger partial charge in [0.25, 0.3) is 0 Å². The third-order valence-corrected chi connectivity index (χ3v) is 5.10. The molecule has 4 rings (SSSR count). The van der Waals surface area contributed by atoms with Crippen molar-refractivity contribution in [1.82, 2.24) is 19.7 Å². The minimum atomic E-state index is 0.554. The highest BCUT2D eigenvalue weighted by Crippen LogP contribution is 2.40. The topological polar surface area (TPSA) is 69.6 Å². The van der Waals surface area contributed by atoms with Crippen molar-refractivity contribution in [3.63, 3.8) is 0 Å². The number of halogens is 1. The van der Waals surface area contributed by atoms with Crippen LogP contribution in [0.1, 0.15) is 10.6 Å². The van der Waals surface area contributed by atoms with Gasteiger partial charge >= 0.3 is 0 Å². The van der Waals surface area contributed by atoms with E-state index < -0.39 is 0 Å². The van der Waals surface area contributed by atoms with E-state index in [4.69, 9.17) is 17.3 Å². The zero-order valence-corrected chi connectivity index (χ0v) is 14.7. The summed E-state index contributed by atoms with van der Waals surface area (Å²) in [5, 5.41) is 6.14. The first kappa shape index (κ1) is 15.1. The number of hydrogen-bond donors (Lipinski definition) is 1. The van der Waals surface area contributed by atoms with Crippen LogP contribution < -0.4 is 5.73 Å². The first-order valence-corrected chi connectivity index (χ1v) is 8.56. The summed E-state index contributed by atoms with van der Waals surface area (Å²) in [6, 6.07) is 9.61. The molecule has 0 aliphatic rings. The second-order valence-electron chi connectivity index (χ2n) is 5.54. The number of nitrogens with zero attached hydrogens (tertiary/aromatic N) is 4. The molecule has 7 heteroatoms. The highest BCUT2D eigenvalue weighted by Gasteiger charge is 2.19. The van der Waals surface area contributed by atoms with Gasteiger partial charge in [-0.25, -0.2) is 9.97 Å². The maximum absolute atomic E-state index is 6.11. The second-order valence-corrected chi connectivity index (χ2v) is 7.18. The predicted octanol–water partition coefficient (Wildman–Crippen LogP) is 4.40. The third-order valence-electron chi connectivity index (χ3n) is 3.84. The lowest BCUT2D eigenvalue weighted by Crippen LogP contribution is -2.05. The first-order valence-electron chi connectivity index (χ1n) is 7.37. The van der Waals surface area contributed by atoms with Crippen LogP contribution in [-0.4, -0.2) is 19.7 Å². The Labute approximate surface area is 147 Å². The lowest BCUT2D eigenvalue weighted by Gasteiger charge is -2.08. The average molecular weight is 356 g/mol. The van der Waals surface area contributed by atoms with Gasteiger partial charge in [0.2, 0.25) is 0 Å². The molecule has 0 saturated carbocycles. The number of rotatable bonds is 2. The van der Waals surface area contributed by atoms with Gasteiger partial charge < -0.3 is 5.73 Å². The number of aromatic nitrogens is 4. The van der Waals surface area contributed by atoms with Gasteiger partial charge in [-0.3, -0.25) is 0 Å². The molecule has 0 unspecified atom stereocenters. The molecule has 3 aromatic heterocycles. The standard InChI is InChI=1S/C17H14ClN5S/c1-9-7-13(19)23(22-9)16-15-14(11-3-5-12(18)6-4-11)10(2)24-17(15)21-8-20-16/h3-8H,19H2,1-2H3. The van der Waals surface area contributed by atoms with E-state index in [0.717, 1.165) is 31.9 Å². The third kappa shape index (κ3) is 2.35. The van der Waals surface area contributed by atoms with Crippen molar-refractivity contribution in [3.8, 4) is 16.9 Å². The van der Waals surface area contributed by atoms with E-state index in [1.54, 1.807) is 22.3 Å². The SMILES string of the molecule is Cc1cc(N)n(-c2ncnc3sc(C)c(-c4ccc(Cl)cc4)c23)n1. The molecule has 4 aromatic rings. The number of fused-ring (bicyclic) bond motifs is 1. The van der Waals surface area contributed by atoms with Crippen molar-refractivity contribution in [2.75, 3.05) is 5.73 Å². The van der Waals surface area contributed by atoms with Gasteiger partial charge in [-0.1, -0.05) is 23.7 Å². The van der Waals surface area contributed by atoms with E-state index in [0.29, 0.717) is 16.7 Å². The summed E-state index contributed by atoms with van der Waals surface area (Å²) in [5.41, 5.74) is 9.12. The van der Waals surface area contributed by atoms with Crippen molar-refractivity contribution in [2.24, 2.45) is 0 Å². The van der Waals surface area contributed by atoms with Crippen molar-refractivity contribution >= 4 is 39.0 Å². The lowest BCUT2D eigenvalue weighted by molar-refractivity contribution is 0.846. The minimum Gasteiger partial charge on any atom is -0.384 e. The van der Waals surface area contributed by atoms with Gasteiger partial charge in [-0.05, 0) is 31.5 Å². The molecule has 120 valence electrons. The Morgan fingerprint density at radius 3 is 2.54 bits per heavy atom. The Morgan fingerprint density at radius 2 is 1.88 bits per heavy atom. The molecule has 1 aromatic carbocycles.